The van der Waals surface area contributed by atoms with Crippen LogP contribution in [-0.4, -0.2) is 30.8 Å². The summed E-state index contributed by atoms with van der Waals surface area (Å²) < 4.78 is 29.5. The average Bonchev–Trinajstić information content (AvgIpc) is 2.58. The van der Waals surface area contributed by atoms with E-state index in [4.69, 9.17) is 27.9 Å². The molecule has 6 nitrogen and oxygen atoms in total. The number of carboxylic acids is 1. The van der Waals surface area contributed by atoms with E-state index in [0.717, 1.165) is 0 Å². The summed E-state index contributed by atoms with van der Waals surface area (Å²) in [6.07, 6.45) is 0. The van der Waals surface area contributed by atoms with E-state index in [1.165, 1.54) is 32.0 Å². The Balaban J connectivity index is 2.40. The predicted molar refractivity (Wildman–Crippen MR) is 106 cm³/mol. The molecule has 0 aromatic heterocycles. The molecule has 0 heterocycles. The number of hydrogen-bond donors (Lipinski definition) is 2. The number of hydrogen-bond acceptors (Lipinski definition) is 5. The maximum absolute atomic E-state index is 12.0. The van der Waals surface area contributed by atoms with Gasteiger partial charge in [-0.2, -0.15) is 0 Å². The fourth-order valence-corrected chi connectivity index (χ4v) is 3.48. The first-order valence-electron chi connectivity index (χ1n) is 7.97. The Morgan fingerprint density at radius 3 is 2.37 bits per heavy atom. The first-order valence-corrected chi connectivity index (χ1v) is 10.4. The fourth-order valence-electron chi connectivity index (χ4n) is 2.11. The molecule has 0 amide bonds. The van der Waals surface area contributed by atoms with E-state index in [-0.39, 0.29) is 21.4 Å². The lowest BCUT2D eigenvalue weighted by molar-refractivity contribution is -0.152. The maximum Gasteiger partial charge on any atom is 0.347 e. The molecular weight excluding hydrogens is 413 g/mol. The van der Waals surface area contributed by atoms with Crippen molar-refractivity contribution in [3.63, 3.8) is 0 Å². The normalized spacial score (nSPS) is 11.9. The predicted octanol–water partition coefficient (Wildman–Crippen LogP) is 4.77. The van der Waals surface area contributed by atoms with Gasteiger partial charge in [0.05, 0.1) is 27.0 Å². The van der Waals surface area contributed by atoms with Crippen LogP contribution in [0.3, 0.4) is 0 Å². The fraction of sp³-hybridized carbons (Fsp3) is 0.278. The Kier molecular flexibility index (Phi) is 6.29. The summed E-state index contributed by atoms with van der Waals surface area (Å²) in [4.78, 5) is 11.4. The molecule has 0 aliphatic rings. The van der Waals surface area contributed by atoms with Crippen LogP contribution in [0.2, 0.25) is 10.0 Å². The highest BCUT2D eigenvalue weighted by molar-refractivity contribution is 7.91. The van der Waals surface area contributed by atoms with Gasteiger partial charge in [0, 0.05) is 5.02 Å². The van der Waals surface area contributed by atoms with Crippen molar-refractivity contribution in [1.29, 1.82) is 0 Å². The number of anilines is 2. The molecule has 2 rings (SSSR count). The summed E-state index contributed by atoms with van der Waals surface area (Å²) >= 11 is 12.3. The highest BCUT2D eigenvalue weighted by atomic mass is 35.5. The summed E-state index contributed by atoms with van der Waals surface area (Å²) in [6, 6.07) is 8.99. The standard InChI is InChI=1S/C18H19Cl2NO5S/c1-4-27(24,25)12-6-7-14(13(20)10-12)21-15-9-11(19)5-8-16(15)26-18(2,3)17(22)23/h5-10,21H,4H2,1-3H3,(H,22,23). The Bertz CT molecular complexity index is 974. The van der Waals surface area contributed by atoms with Crippen molar-refractivity contribution < 1.29 is 23.1 Å². The highest BCUT2D eigenvalue weighted by Crippen LogP contribution is 2.36. The third kappa shape index (κ3) is 5.06. The van der Waals surface area contributed by atoms with E-state index in [9.17, 15) is 18.3 Å². The van der Waals surface area contributed by atoms with Crippen molar-refractivity contribution in [2.24, 2.45) is 0 Å². The molecule has 0 saturated heterocycles. The number of halogens is 2. The second-order valence-corrected chi connectivity index (χ2v) is 9.35. The van der Waals surface area contributed by atoms with Gasteiger partial charge in [-0.3, -0.25) is 0 Å². The molecule has 0 spiro atoms. The van der Waals surface area contributed by atoms with Gasteiger partial charge in [-0.25, -0.2) is 13.2 Å². The Morgan fingerprint density at radius 2 is 1.81 bits per heavy atom. The molecule has 0 fully saturated rings. The lowest BCUT2D eigenvalue weighted by Crippen LogP contribution is -2.38. The Morgan fingerprint density at radius 1 is 1.15 bits per heavy atom. The van der Waals surface area contributed by atoms with Crippen LogP contribution < -0.4 is 10.1 Å². The average molecular weight is 432 g/mol. The summed E-state index contributed by atoms with van der Waals surface area (Å²) in [6.45, 7) is 4.39. The maximum atomic E-state index is 12.0. The molecular formula is C18H19Cl2NO5S. The zero-order valence-corrected chi connectivity index (χ0v) is 17.2. The van der Waals surface area contributed by atoms with Gasteiger partial charge in [0.1, 0.15) is 5.75 Å². The van der Waals surface area contributed by atoms with Crippen LogP contribution in [-0.2, 0) is 14.6 Å². The second-order valence-electron chi connectivity index (χ2n) is 6.23. The van der Waals surface area contributed by atoms with Gasteiger partial charge in [0.25, 0.3) is 0 Å². The molecule has 0 aliphatic carbocycles. The van der Waals surface area contributed by atoms with Gasteiger partial charge in [0.2, 0.25) is 0 Å². The first-order chi connectivity index (χ1) is 12.5. The van der Waals surface area contributed by atoms with Crippen molar-refractivity contribution >= 4 is 50.4 Å². The lowest BCUT2D eigenvalue weighted by Gasteiger charge is -2.24. The second kappa shape index (κ2) is 7.96. The molecule has 0 atom stereocenters. The molecule has 2 aromatic rings. The molecule has 0 saturated carbocycles. The zero-order chi connectivity index (χ0) is 20.4. The summed E-state index contributed by atoms with van der Waals surface area (Å²) in [5, 5.41) is 12.9. The van der Waals surface area contributed by atoms with E-state index in [1.807, 2.05) is 0 Å². The first kappa shape index (κ1) is 21.3. The SMILES string of the molecule is CCS(=O)(=O)c1ccc(Nc2cc(Cl)ccc2OC(C)(C)C(=O)O)c(Cl)c1. The minimum atomic E-state index is -3.38. The molecule has 0 radical (unpaired) electrons. The monoisotopic (exact) mass is 431 g/mol. The van der Waals surface area contributed by atoms with E-state index in [2.05, 4.69) is 5.32 Å². The van der Waals surface area contributed by atoms with Crippen LogP contribution >= 0.6 is 23.2 Å². The summed E-state index contributed by atoms with van der Waals surface area (Å²) in [5.74, 6) is -0.907. The number of carbonyl (C=O) groups is 1. The highest BCUT2D eigenvalue weighted by Gasteiger charge is 2.30. The number of ether oxygens (including phenoxy) is 1. The van der Waals surface area contributed by atoms with Crippen molar-refractivity contribution in [2.75, 3.05) is 11.1 Å². The molecule has 27 heavy (non-hydrogen) atoms. The van der Waals surface area contributed by atoms with Gasteiger partial charge in [-0.15, -0.1) is 0 Å². The van der Waals surface area contributed by atoms with E-state index in [0.29, 0.717) is 16.4 Å². The minimum Gasteiger partial charge on any atom is -0.478 e. The van der Waals surface area contributed by atoms with Crippen LogP contribution in [0.4, 0.5) is 11.4 Å². The van der Waals surface area contributed by atoms with Crippen LogP contribution in [0.5, 0.6) is 5.75 Å². The van der Waals surface area contributed by atoms with Gasteiger partial charge in [-0.1, -0.05) is 30.1 Å². The van der Waals surface area contributed by atoms with Crippen LogP contribution in [0.25, 0.3) is 0 Å². The van der Waals surface area contributed by atoms with Crippen LogP contribution in [0.1, 0.15) is 20.8 Å². The van der Waals surface area contributed by atoms with Gasteiger partial charge < -0.3 is 15.2 Å². The topological polar surface area (TPSA) is 92.7 Å². The van der Waals surface area contributed by atoms with Gasteiger partial charge in [0.15, 0.2) is 15.4 Å². The van der Waals surface area contributed by atoms with Gasteiger partial charge >= 0.3 is 5.97 Å². The summed E-state index contributed by atoms with van der Waals surface area (Å²) in [7, 11) is -3.38. The van der Waals surface area contributed by atoms with Crippen molar-refractivity contribution in [3.8, 4) is 5.75 Å². The molecule has 0 bridgehead atoms. The Hall–Kier alpha value is -1.96. The van der Waals surface area contributed by atoms with Crippen LogP contribution in [0, 0.1) is 0 Å². The minimum absolute atomic E-state index is 0.0351. The lowest BCUT2D eigenvalue weighted by atomic mass is 10.1. The Labute approximate surface area is 168 Å². The van der Waals surface area contributed by atoms with Gasteiger partial charge in [-0.05, 0) is 50.2 Å². The van der Waals surface area contributed by atoms with E-state index >= 15 is 0 Å². The quantitative estimate of drug-likeness (QED) is 0.655. The largest absolute Gasteiger partial charge is 0.478 e. The van der Waals surface area contributed by atoms with Crippen molar-refractivity contribution in [3.05, 3.63) is 46.4 Å². The van der Waals surface area contributed by atoms with Crippen LogP contribution in [0.15, 0.2) is 41.3 Å². The number of benzene rings is 2. The number of nitrogens with one attached hydrogen (secondary N) is 1. The molecule has 0 aliphatic heterocycles. The molecule has 2 aromatic carbocycles. The van der Waals surface area contributed by atoms with E-state index in [1.54, 1.807) is 25.1 Å². The summed E-state index contributed by atoms with van der Waals surface area (Å²) in [5.41, 5.74) is -0.649. The molecule has 2 N–H and O–H groups in total. The number of rotatable bonds is 7. The zero-order valence-electron chi connectivity index (χ0n) is 14.9. The molecule has 146 valence electrons. The smallest absolute Gasteiger partial charge is 0.347 e. The molecule has 0 unspecified atom stereocenters. The van der Waals surface area contributed by atoms with E-state index < -0.39 is 21.4 Å². The third-order valence-electron chi connectivity index (χ3n) is 3.77. The number of aliphatic carboxylic acids is 1. The molecule has 9 heteroatoms. The van der Waals surface area contributed by atoms with Crippen molar-refractivity contribution in [1.82, 2.24) is 0 Å². The number of sulfone groups is 1. The third-order valence-corrected chi connectivity index (χ3v) is 6.05. The number of carboxylic acid groups (broad SMARTS) is 1. The van der Waals surface area contributed by atoms with Crippen molar-refractivity contribution in [2.45, 2.75) is 31.3 Å².